The van der Waals surface area contributed by atoms with Crippen molar-refractivity contribution in [1.29, 1.82) is 0 Å². The predicted octanol–water partition coefficient (Wildman–Crippen LogP) is 4.01. The fourth-order valence-electron chi connectivity index (χ4n) is 4.12. The monoisotopic (exact) mass is 433 g/mol. The SMILES string of the molecule is Cc1cc(NC(=O)O)nc(CO)c1CNC(=O)OCC1c2ccccc2-c2ccccc21. The van der Waals surface area contributed by atoms with E-state index in [9.17, 15) is 14.7 Å². The molecule has 164 valence electrons. The van der Waals surface area contributed by atoms with Gasteiger partial charge < -0.3 is 20.3 Å². The number of carbonyl (C=O) groups is 2. The first kappa shape index (κ1) is 21.3. The third-order valence-electron chi connectivity index (χ3n) is 5.57. The summed E-state index contributed by atoms with van der Waals surface area (Å²) in [4.78, 5) is 27.3. The highest BCUT2D eigenvalue weighted by Crippen LogP contribution is 2.44. The van der Waals surface area contributed by atoms with E-state index in [0.717, 1.165) is 22.3 Å². The second-order valence-corrected chi connectivity index (χ2v) is 7.52. The molecule has 2 amide bonds. The molecule has 0 aliphatic heterocycles. The Morgan fingerprint density at radius 2 is 1.69 bits per heavy atom. The molecule has 0 radical (unpaired) electrons. The van der Waals surface area contributed by atoms with E-state index in [0.29, 0.717) is 11.1 Å². The summed E-state index contributed by atoms with van der Waals surface area (Å²) in [7, 11) is 0. The van der Waals surface area contributed by atoms with Crippen LogP contribution in [0.3, 0.4) is 0 Å². The Morgan fingerprint density at radius 1 is 1.06 bits per heavy atom. The molecular formula is C24H23N3O5. The van der Waals surface area contributed by atoms with Crippen molar-refractivity contribution in [2.75, 3.05) is 11.9 Å². The first-order chi connectivity index (χ1) is 15.5. The second-order valence-electron chi connectivity index (χ2n) is 7.52. The molecule has 0 bridgehead atoms. The summed E-state index contributed by atoms with van der Waals surface area (Å²) in [5.74, 6) is 0.0786. The number of pyridine rings is 1. The number of carbonyl (C=O) groups excluding carboxylic acids is 1. The molecule has 0 saturated carbocycles. The minimum Gasteiger partial charge on any atom is -0.465 e. The summed E-state index contributed by atoms with van der Waals surface area (Å²) in [5, 5.41) is 23.3. The molecule has 2 aromatic carbocycles. The van der Waals surface area contributed by atoms with E-state index in [1.165, 1.54) is 0 Å². The highest BCUT2D eigenvalue weighted by molar-refractivity contribution is 5.81. The maximum atomic E-state index is 12.4. The Kier molecular flexibility index (Phi) is 6.04. The Balaban J connectivity index is 1.42. The zero-order valence-corrected chi connectivity index (χ0v) is 17.5. The highest BCUT2D eigenvalue weighted by atomic mass is 16.5. The minimum atomic E-state index is -1.25. The van der Waals surface area contributed by atoms with Crippen molar-refractivity contribution in [2.45, 2.75) is 26.0 Å². The maximum Gasteiger partial charge on any atom is 0.410 e. The van der Waals surface area contributed by atoms with Gasteiger partial charge in [-0.25, -0.2) is 14.6 Å². The van der Waals surface area contributed by atoms with Crippen molar-refractivity contribution < 1.29 is 24.5 Å². The van der Waals surface area contributed by atoms with Crippen molar-refractivity contribution >= 4 is 18.0 Å². The average Bonchev–Trinajstić information content (AvgIpc) is 3.10. The van der Waals surface area contributed by atoms with Crippen LogP contribution in [-0.4, -0.2) is 34.0 Å². The summed E-state index contributed by atoms with van der Waals surface area (Å²) >= 11 is 0. The molecule has 0 unspecified atom stereocenters. The Morgan fingerprint density at radius 3 is 2.28 bits per heavy atom. The largest absolute Gasteiger partial charge is 0.465 e. The van der Waals surface area contributed by atoms with Gasteiger partial charge in [0.2, 0.25) is 0 Å². The molecule has 4 rings (SSSR count). The van der Waals surface area contributed by atoms with Crippen LogP contribution in [-0.2, 0) is 17.9 Å². The van der Waals surface area contributed by atoms with E-state index in [-0.39, 0.29) is 30.6 Å². The first-order valence-corrected chi connectivity index (χ1v) is 10.2. The second kappa shape index (κ2) is 9.07. The van der Waals surface area contributed by atoms with E-state index in [2.05, 4.69) is 39.9 Å². The zero-order valence-electron chi connectivity index (χ0n) is 17.5. The van der Waals surface area contributed by atoms with Crippen LogP contribution in [0.1, 0.15) is 33.9 Å². The van der Waals surface area contributed by atoms with Crippen LogP contribution < -0.4 is 10.6 Å². The van der Waals surface area contributed by atoms with Gasteiger partial charge in [0.25, 0.3) is 0 Å². The van der Waals surface area contributed by atoms with Crippen LogP contribution >= 0.6 is 0 Å². The lowest BCUT2D eigenvalue weighted by atomic mass is 9.98. The molecule has 32 heavy (non-hydrogen) atoms. The topological polar surface area (TPSA) is 121 Å². The third-order valence-corrected chi connectivity index (χ3v) is 5.57. The van der Waals surface area contributed by atoms with Crippen LogP contribution in [0.5, 0.6) is 0 Å². The number of amides is 2. The van der Waals surface area contributed by atoms with Crippen molar-refractivity contribution in [2.24, 2.45) is 0 Å². The molecule has 4 N–H and O–H groups in total. The van der Waals surface area contributed by atoms with Crippen molar-refractivity contribution in [3.05, 3.63) is 82.5 Å². The number of nitrogens with one attached hydrogen (secondary N) is 2. The number of benzene rings is 2. The van der Waals surface area contributed by atoms with Gasteiger partial charge in [0, 0.05) is 12.5 Å². The fourth-order valence-corrected chi connectivity index (χ4v) is 4.12. The molecule has 1 aliphatic rings. The number of carboxylic acid groups (broad SMARTS) is 1. The maximum absolute atomic E-state index is 12.4. The summed E-state index contributed by atoms with van der Waals surface area (Å²) < 4.78 is 5.53. The quantitative estimate of drug-likeness (QED) is 0.466. The number of alkyl carbamates (subject to hydrolysis) is 1. The number of hydrogen-bond acceptors (Lipinski definition) is 5. The number of nitrogens with zero attached hydrogens (tertiary/aromatic N) is 1. The highest BCUT2D eigenvalue weighted by Gasteiger charge is 2.29. The Bertz CT molecular complexity index is 1130. The van der Waals surface area contributed by atoms with Crippen LogP contribution in [0.2, 0.25) is 0 Å². The average molecular weight is 433 g/mol. The van der Waals surface area contributed by atoms with Gasteiger partial charge in [-0.15, -0.1) is 0 Å². The third kappa shape index (κ3) is 4.26. The molecule has 1 aromatic heterocycles. The molecular weight excluding hydrogens is 410 g/mol. The normalized spacial score (nSPS) is 12.1. The number of aliphatic hydroxyl groups is 1. The predicted molar refractivity (Wildman–Crippen MR) is 118 cm³/mol. The summed E-state index contributed by atoms with van der Waals surface area (Å²) in [6.45, 7) is 1.66. The molecule has 3 aromatic rings. The van der Waals surface area contributed by atoms with Crippen LogP contribution in [0.15, 0.2) is 54.6 Å². The number of fused-ring (bicyclic) bond motifs is 3. The number of anilines is 1. The number of aryl methyl sites for hydroxylation is 1. The van der Waals surface area contributed by atoms with E-state index in [1.54, 1.807) is 13.0 Å². The smallest absolute Gasteiger partial charge is 0.410 e. The number of aromatic nitrogens is 1. The van der Waals surface area contributed by atoms with Gasteiger partial charge in [-0.05, 0) is 46.4 Å². The van der Waals surface area contributed by atoms with E-state index < -0.39 is 18.8 Å². The molecule has 1 aliphatic carbocycles. The number of rotatable bonds is 6. The minimum absolute atomic E-state index is 0.0362. The van der Waals surface area contributed by atoms with Crippen molar-refractivity contribution in [3.8, 4) is 11.1 Å². The summed E-state index contributed by atoms with van der Waals surface area (Å²) in [5.41, 5.74) is 6.15. The molecule has 8 heteroatoms. The zero-order chi connectivity index (χ0) is 22.7. The van der Waals surface area contributed by atoms with Gasteiger partial charge in [-0.2, -0.15) is 0 Å². The molecule has 8 nitrogen and oxygen atoms in total. The van der Waals surface area contributed by atoms with Gasteiger partial charge >= 0.3 is 12.2 Å². The molecule has 0 saturated heterocycles. The van der Waals surface area contributed by atoms with E-state index >= 15 is 0 Å². The Labute approximate surface area is 184 Å². The van der Waals surface area contributed by atoms with Gasteiger partial charge in [0.15, 0.2) is 0 Å². The van der Waals surface area contributed by atoms with Crippen LogP contribution in [0, 0.1) is 6.92 Å². The van der Waals surface area contributed by atoms with Gasteiger partial charge in [-0.1, -0.05) is 48.5 Å². The van der Waals surface area contributed by atoms with Gasteiger partial charge in [-0.3, -0.25) is 5.32 Å². The lowest BCUT2D eigenvalue weighted by molar-refractivity contribution is 0.142. The van der Waals surface area contributed by atoms with Crippen LogP contribution in [0.25, 0.3) is 11.1 Å². The molecule has 0 atom stereocenters. The number of ether oxygens (including phenoxy) is 1. The Hall–Kier alpha value is -3.91. The first-order valence-electron chi connectivity index (χ1n) is 10.2. The fraction of sp³-hybridized carbons (Fsp3) is 0.208. The number of hydrogen-bond donors (Lipinski definition) is 4. The number of aliphatic hydroxyl groups excluding tert-OH is 1. The lowest BCUT2D eigenvalue weighted by Crippen LogP contribution is -2.27. The van der Waals surface area contributed by atoms with Crippen molar-refractivity contribution in [3.63, 3.8) is 0 Å². The van der Waals surface area contributed by atoms with Crippen LogP contribution in [0.4, 0.5) is 15.4 Å². The summed E-state index contributed by atoms with van der Waals surface area (Å²) in [6, 6.07) is 17.7. The van der Waals surface area contributed by atoms with Crippen molar-refractivity contribution in [1.82, 2.24) is 10.3 Å². The van der Waals surface area contributed by atoms with E-state index in [1.807, 2.05) is 24.3 Å². The standard InChI is InChI=1S/C24H23N3O5/c1-14-10-22(27-23(29)30)26-21(12-28)19(14)11-25-24(31)32-13-20-17-8-4-2-6-15(17)16-7-3-5-9-18(16)20/h2-10,20,28H,11-13H2,1H3,(H,25,31)(H,26,27)(H,29,30). The molecule has 1 heterocycles. The molecule has 0 spiro atoms. The molecule has 0 fully saturated rings. The van der Waals surface area contributed by atoms with Gasteiger partial charge in [0.05, 0.1) is 12.3 Å². The van der Waals surface area contributed by atoms with Gasteiger partial charge in [0.1, 0.15) is 12.4 Å². The summed E-state index contributed by atoms with van der Waals surface area (Å²) in [6.07, 6.45) is -1.83. The lowest BCUT2D eigenvalue weighted by Gasteiger charge is -2.16. The van der Waals surface area contributed by atoms with E-state index in [4.69, 9.17) is 9.84 Å².